The third kappa shape index (κ3) is 12.7. The molecule has 0 aromatic heterocycles. The van der Waals surface area contributed by atoms with Crippen LogP contribution in [0.1, 0.15) is 44.7 Å². The molecule has 212 valence electrons. The van der Waals surface area contributed by atoms with E-state index in [2.05, 4.69) is 23.2 Å². The summed E-state index contributed by atoms with van der Waals surface area (Å²) in [5, 5.41) is 0. The van der Waals surface area contributed by atoms with Gasteiger partial charge in [0.2, 0.25) is 0 Å². The molecule has 1 unspecified atom stereocenters. The molecule has 0 aliphatic carbocycles. The Morgan fingerprint density at radius 1 is 0.868 bits per heavy atom. The third-order valence-corrected chi connectivity index (χ3v) is 5.97. The first kappa shape index (κ1) is 31.6. The van der Waals surface area contributed by atoms with Crippen LogP contribution in [0.5, 0.6) is 5.75 Å². The molecule has 38 heavy (non-hydrogen) atoms. The number of ether oxygens (including phenoxy) is 4. The predicted molar refractivity (Wildman–Crippen MR) is 148 cm³/mol. The van der Waals surface area contributed by atoms with Gasteiger partial charge in [0.05, 0.1) is 39.3 Å². The lowest BCUT2D eigenvalue weighted by Gasteiger charge is -2.25. The SMILES string of the molecule is CC(Cc1ccc(OCCOCCOCCOS(C)(=O)=O)cc1)c1ccc(N(C)C(=O)OC(C)(C)C)cc1. The Morgan fingerprint density at radius 2 is 1.42 bits per heavy atom. The maximum absolute atomic E-state index is 12.3. The normalized spacial score (nSPS) is 12.7. The lowest BCUT2D eigenvalue weighted by Crippen LogP contribution is -2.34. The number of carbonyl (C=O) groups excluding carboxylic acids is 1. The van der Waals surface area contributed by atoms with Gasteiger partial charge in [-0.3, -0.25) is 9.08 Å². The fraction of sp³-hybridized carbons (Fsp3) is 0.536. The molecule has 0 saturated carbocycles. The average Bonchev–Trinajstić information content (AvgIpc) is 2.84. The van der Waals surface area contributed by atoms with Gasteiger partial charge in [0.15, 0.2) is 0 Å². The quantitative estimate of drug-likeness (QED) is 0.230. The molecule has 1 atom stereocenters. The van der Waals surface area contributed by atoms with Crippen LogP contribution >= 0.6 is 0 Å². The first-order valence-corrected chi connectivity index (χ1v) is 14.4. The van der Waals surface area contributed by atoms with Crippen molar-refractivity contribution < 1.29 is 36.3 Å². The van der Waals surface area contributed by atoms with Crippen molar-refractivity contribution >= 4 is 21.9 Å². The van der Waals surface area contributed by atoms with Gasteiger partial charge in [-0.15, -0.1) is 0 Å². The maximum atomic E-state index is 12.3. The summed E-state index contributed by atoms with van der Waals surface area (Å²) in [5.74, 6) is 1.07. The largest absolute Gasteiger partial charge is 0.491 e. The van der Waals surface area contributed by atoms with E-state index in [1.807, 2.05) is 57.2 Å². The van der Waals surface area contributed by atoms with Crippen molar-refractivity contribution in [3.8, 4) is 5.75 Å². The van der Waals surface area contributed by atoms with Crippen LogP contribution < -0.4 is 9.64 Å². The molecule has 2 rings (SSSR count). The lowest BCUT2D eigenvalue weighted by atomic mass is 9.93. The minimum Gasteiger partial charge on any atom is -0.491 e. The van der Waals surface area contributed by atoms with Gasteiger partial charge in [0, 0.05) is 12.7 Å². The molecular formula is C28H41NO8S. The van der Waals surface area contributed by atoms with Crippen LogP contribution in [-0.4, -0.2) is 73.1 Å². The van der Waals surface area contributed by atoms with Crippen LogP contribution in [-0.2, 0) is 34.9 Å². The molecule has 0 aliphatic heterocycles. The predicted octanol–water partition coefficient (Wildman–Crippen LogP) is 4.79. The number of rotatable bonds is 15. The van der Waals surface area contributed by atoms with E-state index in [0.29, 0.717) is 32.3 Å². The highest BCUT2D eigenvalue weighted by atomic mass is 32.2. The van der Waals surface area contributed by atoms with E-state index >= 15 is 0 Å². The van der Waals surface area contributed by atoms with Gasteiger partial charge in [-0.2, -0.15) is 8.42 Å². The molecule has 0 aliphatic rings. The number of hydrogen-bond acceptors (Lipinski definition) is 8. The Bertz CT molecular complexity index is 1080. The third-order valence-electron chi connectivity index (χ3n) is 5.38. The summed E-state index contributed by atoms with van der Waals surface area (Å²) in [7, 11) is -1.72. The van der Waals surface area contributed by atoms with Crippen molar-refractivity contribution in [3.05, 3.63) is 59.7 Å². The van der Waals surface area contributed by atoms with Crippen LogP contribution in [0.4, 0.5) is 10.5 Å². The van der Waals surface area contributed by atoms with E-state index in [9.17, 15) is 13.2 Å². The van der Waals surface area contributed by atoms with Gasteiger partial charge in [-0.25, -0.2) is 4.79 Å². The van der Waals surface area contributed by atoms with Crippen molar-refractivity contribution in [2.45, 2.75) is 45.6 Å². The van der Waals surface area contributed by atoms with Gasteiger partial charge >= 0.3 is 6.09 Å². The number of carbonyl (C=O) groups is 1. The summed E-state index contributed by atoms with van der Waals surface area (Å²) in [6, 6.07) is 16.0. The molecule has 2 aromatic rings. The van der Waals surface area contributed by atoms with Crippen LogP contribution in [0, 0.1) is 0 Å². The standard InChI is InChI=1S/C28H41NO8S/c1-22(24-9-11-25(12-10-24)29(5)27(30)37-28(2,3)4)21-23-7-13-26(14-8-23)35-19-17-33-15-16-34-18-20-36-38(6,31)32/h7-14,22H,15-21H2,1-6H3. The zero-order chi connectivity index (χ0) is 28.2. The Morgan fingerprint density at radius 3 is 1.97 bits per heavy atom. The zero-order valence-electron chi connectivity index (χ0n) is 23.3. The van der Waals surface area contributed by atoms with E-state index in [0.717, 1.165) is 24.1 Å². The second kappa shape index (κ2) is 15.1. The summed E-state index contributed by atoms with van der Waals surface area (Å²) in [4.78, 5) is 13.8. The highest BCUT2D eigenvalue weighted by Gasteiger charge is 2.20. The highest BCUT2D eigenvalue weighted by Crippen LogP contribution is 2.25. The van der Waals surface area contributed by atoms with Crippen LogP contribution in [0.25, 0.3) is 0 Å². The molecule has 1 amide bonds. The Hall–Kier alpha value is -2.66. The first-order chi connectivity index (χ1) is 17.8. The molecule has 10 heteroatoms. The van der Waals surface area contributed by atoms with E-state index in [-0.39, 0.29) is 19.3 Å². The Balaban J connectivity index is 1.68. The molecule has 0 radical (unpaired) electrons. The van der Waals surface area contributed by atoms with Crippen LogP contribution in [0.3, 0.4) is 0 Å². The monoisotopic (exact) mass is 551 g/mol. The summed E-state index contributed by atoms with van der Waals surface area (Å²) in [6.07, 6.45) is 1.50. The average molecular weight is 552 g/mol. The topological polar surface area (TPSA) is 101 Å². The molecule has 9 nitrogen and oxygen atoms in total. The van der Waals surface area contributed by atoms with Crippen molar-refractivity contribution in [1.82, 2.24) is 0 Å². The van der Waals surface area contributed by atoms with Gasteiger partial charge in [0.1, 0.15) is 18.0 Å². The molecule has 0 saturated heterocycles. The number of benzene rings is 2. The van der Waals surface area contributed by atoms with E-state index in [1.54, 1.807) is 7.05 Å². The van der Waals surface area contributed by atoms with Crippen molar-refractivity contribution in [3.63, 3.8) is 0 Å². The van der Waals surface area contributed by atoms with Gasteiger partial charge in [-0.1, -0.05) is 31.2 Å². The number of amides is 1. The fourth-order valence-corrected chi connectivity index (χ4v) is 3.81. The highest BCUT2D eigenvalue weighted by molar-refractivity contribution is 7.85. The fourth-order valence-electron chi connectivity index (χ4n) is 3.44. The van der Waals surface area contributed by atoms with Gasteiger partial charge in [0.25, 0.3) is 10.1 Å². The minimum atomic E-state index is -3.43. The van der Waals surface area contributed by atoms with Gasteiger partial charge < -0.3 is 18.9 Å². The summed E-state index contributed by atoms with van der Waals surface area (Å²) in [5.41, 5.74) is 2.64. The van der Waals surface area contributed by atoms with Crippen molar-refractivity contribution in [2.24, 2.45) is 0 Å². The van der Waals surface area contributed by atoms with E-state index in [4.69, 9.17) is 18.9 Å². The van der Waals surface area contributed by atoms with Gasteiger partial charge in [-0.05, 0) is 68.5 Å². The summed E-state index contributed by atoms with van der Waals surface area (Å²) in [6.45, 7) is 9.48. The summed E-state index contributed by atoms with van der Waals surface area (Å²) >= 11 is 0. The van der Waals surface area contributed by atoms with Crippen LogP contribution in [0.15, 0.2) is 48.5 Å². The summed E-state index contributed by atoms with van der Waals surface area (Å²) < 4.78 is 48.1. The lowest BCUT2D eigenvalue weighted by molar-refractivity contribution is 0.0280. The Kier molecular flexibility index (Phi) is 12.5. The molecular weight excluding hydrogens is 510 g/mol. The first-order valence-electron chi connectivity index (χ1n) is 12.6. The van der Waals surface area contributed by atoms with Crippen molar-refractivity contribution in [2.75, 3.05) is 57.8 Å². The number of anilines is 1. The molecule has 0 spiro atoms. The molecule has 2 aromatic carbocycles. The molecule has 0 bridgehead atoms. The smallest absolute Gasteiger partial charge is 0.414 e. The number of nitrogens with zero attached hydrogens (tertiary/aromatic N) is 1. The molecule has 0 heterocycles. The van der Waals surface area contributed by atoms with Crippen LogP contribution in [0.2, 0.25) is 0 Å². The van der Waals surface area contributed by atoms with E-state index in [1.165, 1.54) is 16.0 Å². The molecule has 0 N–H and O–H groups in total. The Labute approximate surface area is 227 Å². The molecule has 0 fully saturated rings. The zero-order valence-corrected chi connectivity index (χ0v) is 24.1. The minimum absolute atomic E-state index is 0.00353. The second-order valence-electron chi connectivity index (χ2n) is 9.98. The maximum Gasteiger partial charge on any atom is 0.414 e. The van der Waals surface area contributed by atoms with Crippen molar-refractivity contribution in [1.29, 1.82) is 0 Å². The number of hydrogen-bond donors (Lipinski definition) is 0. The second-order valence-corrected chi connectivity index (χ2v) is 11.6. The van der Waals surface area contributed by atoms with E-state index < -0.39 is 15.7 Å².